The lowest BCUT2D eigenvalue weighted by atomic mass is 10.0. The summed E-state index contributed by atoms with van der Waals surface area (Å²) >= 11 is 0. The summed E-state index contributed by atoms with van der Waals surface area (Å²) in [6, 6.07) is 3.05. The van der Waals surface area contributed by atoms with Gasteiger partial charge in [-0.1, -0.05) is 6.07 Å². The highest BCUT2D eigenvalue weighted by Gasteiger charge is 2.65. The van der Waals surface area contributed by atoms with E-state index in [2.05, 4.69) is 10.2 Å². The number of nitrogens with zero attached hydrogens (tertiary/aromatic N) is 2. The van der Waals surface area contributed by atoms with E-state index in [9.17, 15) is 18.0 Å². The van der Waals surface area contributed by atoms with Crippen LogP contribution >= 0.6 is 0 Å². The van der Waals surface area contributed by atoms with Gasteiger partial charge in [-0.3, -0.25) is 0 Å². The first-order valence-electron chi connectivity index (χ1n) is 4.74. The van der Waals surface area contributed by atoms with Crippen molar-refractivity contribution < 1.29 is 27.8 Å². The fourth-order valence-corrected chi connectivity index (χ4v) is 1.53. The SMILES string of the molecule is [14CH3]Oc1cc(C2(C(F)(F)F)N=N2)ccc1C(=O)O. The normalized spacial score (nSPS) is 16.4. The lowest BCUT2D eigenvalue weighted by molar-refractivity contribution is -0.166. The van der Waals surface area contributed by atoms with Crippen molar-refractivity contribution in [2.24, 2.45) is 10.2 Å². The third-order valence-electron chi connectivity index (χ3n) is 2.53. The smallest absolute Gasteiger partial charge is 0.442 e. The van der Waals surface area contributed by atoms with Gasteiger partial charge in [0, 0.05) is 5.56 Å². The summed E-state index contributed by atoms with van der Waals surface area (Å²) in [6.07, 6.45) is -4.65. The van der Waals surface area contributed by atoms with Gasteiger partial charge in [0.2, 0.25) is 0 Å². The van der Waals surface area contributed by atoms with Gasteiger partial charge >= 0.3 is 17.8 Å². The molecule has 0 unspecified atom stereocenters. The Labute approximate surface area is 98.9 Å². The van der Waals surface area contributed by atoms with Crippen LogP contribution in [0.4, 0.5) is 13.2 Å². The van der Waals surface area contributed by atoms with Crippen LogP contribution in [0.3, 0.4) is 0 Å². The van der Waals surface area contributed by atoms with Crippen molar-refractivity contribution >= 4 is 5.97 Å². The zero-order valence-corrected chi connectivity index (χ0v) is 9.02. The molecule has 96 valence electrons. The van der Waals surface area contributed by atoms with Gasteiger partial charge in [-0.05, 0) is 12.1 Å². The Morgan fingerprint density at radius 3 is 2.39 bits per heavy atom. The molecule has 18 heavy (non-hydrogen) atoms. The quantitative estimate of drug-likeness (QED) is 0.909. The Balaban J connectivity index is 2.46. The molecule has 0 aromatic heterocycles. The minimum absolute atomic E-state index is 0.166. The second-order valence-electron chi connectivity index (χ2n) is 3.59. The first-order valence-corrected chi connectivity index (χ1v) is 4.74. The molecule has 0 aliphatic carbocycles. The van der Waals surface area contributed by atoms with Gasteiger partial charge in [-0.25, -0.2) is 4.79 Å². The van der Waals surface area contributed by atoms with Crippen molar-refractivity contribution in [2.75, 3.05) is 7.11 Å². The van der Waals surface area contributed by atoms with Crippen LogP contribution in [0.2, 0.25) is 0 Å². The van der Waals surface area contributed by atoms with Crippen molar-refractivity contribution in [3.05, 3.63) is 29.3 Å². The maximum Gasteiger partial charge on any atom is 0.442 e. The van der Waals surface area contributed by atoms with Crippen molar-refractivity contribution in [2.45, 2.75) is 11.8 Å². The van der Waals surface area contributed by atoms with Gasteiger partial charge < -0.3 is 9.84 Å². The molecule has 1 aromatic rings. The molecule has 0 spiro atoms. The average Bonchev–Trinajstić information content (AvgIpc) is 3.08. The van der Waals surface area contributed by atoms with E-state index in [-0.39, 0.29) is 16.9 Å². The van der Waals surface area contributed by atoms with Crippen LogP contribution in [0.5, 0.6) is 5.75 Å². The number of hydrogen-bond acceptors (Lipinski definition) is 4. The highest BCUT2D eigenvalue weighted by molar-refractivity contribution is 5.91. The molecule has 1 N–H and O–H groups in total. The van der Waals surface area contributed by atoms with Crippen molar-refractivity contribution in [3.63, 3.8) is 0 Å². The minimum Gasteiger partial charge on any atom is -0.496 e. The number of methoxy groups -OCH3 is 1. The Morgan fingerprint density at radius 1 is 1.39 bits per heavy atom. The number of carboxylic acids is 1. The van der Waals surface area contributed by atoms with Gasteiger partial charge in [0.25, 0.3) is 0 Å². The summed E-state index contributed by atoms with van der Waals surface area (Å²) in [5.74, 6) is -1.45. The molecule has 0 bridgehead atoms. The molecule has 0 saturated carbocycles. The highest BCUT2D eigenvalue weighted by atomic mass is 19.4. The van der Waals surface area contributed by atoms with E-state index in [0.29, 0.717) is 0 Å². The van der Waals surface area contributed by atoms with E-state index >= 15 is 0 Å². The van der Waals surface area contributed by atoms with Crippen LogP contribution in [-0.4, -0.2) is 24.4 Å². The Bertz CT molecular complexity index is 534. The van der Waals surface area contributed by atoms with Gasteiger partial charge in [-0.2, -0.15) is 13.2 Å². The zero-order chi connectivity index (χ0) is 13.6. The topological polar surface area (TPSA) is 71.2 Å². The number of halogens is 3. The standard InChI is InChI=1S/C10H7F3N2O3/c1-18-7-4-5(2-3-6(7)8(16)17)9(14-15-9)10(11,12)13/h2-4H,1H3,(H,16,17)/i1+2. The summed E-state index contributed by atoms with van der Waals surface area (Å²) in [5.41, 5.74) is -3.06. The summed E-state index contributed by atoms with van der Waals surface area (Å²) in [5, 5.41) is 14.9. The number of benzene rings is 1. The fourth-order valence-electron chi connectivity index (χ4n) is 1.53. The fraction of sp³-hybridized carbons (Fsp3) is 0.300. The van der Waals surface area contributed by atoms with E-state index in [1.54, 1.807) is 0 Å². The van der Waals surface area contributed by atoms with Crippen molar-refractivity contribution in [1.82, 2.24) is 0 Å². The third-order valence-corrected chi connectivity index (χ3v) is 2.53. The van der Waals surface area contributed by atoms with Crippen molar-refractivity contribution in [1.29, 1.82) is 0 Å². The molecule has 1 aliphatic rings. The number of hydrogen-bond donors (Lipinski definition) is 1. The number of carboxylic acid groups (broad SMARTS) is 1. The van der Waals surface area contributed by atoms with E-state index < -0.39 is 17.8 Å². The molecule has 5 nitrogen and oxygen atoms in total. The Morgan fingerprint density at radius 2 is 2.00 bits per heavy atom. The Kier molecular flexibility index (Phi) is 2.53. The second-order valence-corrected chi connectivity index (χ2v) is 3.59. The first-order chi connectivity index (χ1) is 8.32. The van der Waals surface area contributed by atoms with Gasteiger partial charge in [0.05, 0.1) is 7.11 Å². The van der Waals surface area contributed by atoms with Crippen LogP contribution in [0.15, 0.2) is 28.4 Å². The number of aromatic carboxylic acids is 1. The van der Waals surface area contributed by atoms with E-state index in [4.69, 9.17) is 9.84 Å². The minimum atomic E-state index is -4.65. The maximum absolute atomic E-state index is 12.7. The zero-order valence-electron chi connectivity index (χ0n) is 9.02. The predicted octanol–water partition coefficient (Wildman–Crippen LogP) is 2.57. The summed E-state index contributed by atoms with van der Waals surface area (Å²) in [4.78, 5) is 10.8. The van der Waals surface area contributed by atoms with E-state index in [1.807, 2.05) is 0 Å². The molecular weight excluding hydrogens is 255 g/mol. The summed E-state index contributed by atoms with van der Waals surface area (Å²) < 4.78 is 42.9. The maximum atomic E-state index is 12.7. The van der Waals surface area contributed by atoms with E-state index in [0.717, 1.165) is 18.2 Å². The van der Waals surface area contributed by atoms with Gasteiger partial charge in [0.1, 0.15) is 11.3 Å². The Hall–Kier alpha value is -2.12. The van der Waals surface area contributed by atoms with Crippen LogP contribution in [0, 0.1) is 0 Å². The second kappa shape index (κ2) is 3.69. The monoisotopic (exact) mass is 262 g/mol. The highest BCUT2D eigenvalue weighted by Crippen LogP contribution is 2.52. The van der Waals surface area contributed by atoms with Crippen LogP contribution in [-0.2, 0) is 5.66 Å². The largest absolute Gasteiger partial charge is 0.496 e. The van der Waals surface area contributed by atoms with Crippen LogP contribution < -0.4 is 4.74 Å². The third kappa shape index (κ3) is 1.69. The van der Waals surface area contributed by atoms with Crippen LogP contribution in [0.1, 0.15) is 15.9 Å². The van der Waals surface area contributed by atoms with Crippen molar-refractivity contribution in [3.8, 4) is 5.75 Å². The lowest BCUT2D eigenvalue weighted by Gasteiger charge is -2.16. The lowest BCUT2D eigenvalue weighted by Crippen LogP contribution is -2.30. The van der Waals surface area contributed by atoms with Crippen LogP contribution in [0.25, 0.3) is 0 Å². The molecule has 8 heteroatoms. The van der Waals surface area contributed by atoms with Gasteiger partial charge in [0.15, 0.2) is 0 Å². The van der Waals surface area contributed by atoms with Gasteiger partial charge in [-0.15, -0.1) is 10.2 Å². The van der Waals surface area contributed by atoms with E-state index in [1.165, 1.54) is 7.11 Å². The molecule has 2 rings (SSSR count). The molecule has 0 radical (unpaired) electrons. The average molecular weight is 262 g/mol. The predicted molar refractivity (Wildman–Crippen MR) is 52.5 cm³/mol. The summed E-state index contributed by atoms with van der Waals surface area (Å²) in [6.45, 7) is 0. The number of ether oxygens (including phenoxy) is 1. The number of alkyl halides is 3. The molecule has 0 atom stereocenters. The molecule has 1 heterocycles. The molecule has 0 amide bonds. The molecular formula is C10H7F3N2O3. The number of rotatable bonds is 3. The molecule has 1 aromatic carbocycles. The first kappa shape index (κ1) is 12.3. The molecule has 0 fully saturated rings. The summed E-state index contributed by atoms with van der Waals surface area (Å²) in [7, 11) is 1.17. The molecule has 0 saturated heterocycles. The molecule has 1 aliphatic heterocycles. The number of carbonyl (C=O) groups is 1.